The topological polar surface area (TPSA) is 39.8 Å². The number of para-hydroxylation sites is 1. The van der Waals surface area contributed by atoms with E-state index < -0.39 is 0 Å². The van der Waals surface area contributed by atoms with Crippen LogP contribution in [0.5, 0.6) is 0 Å². The molecule has 3 heteroatoms. The highest BCUT2D eigenvalue weighted by atomic mass is 16.5. The molecule has 0 aliphatic heterocycles. The molecule has 110 valence electrons. The molecule has 4 aromatic rings. The van der Waals surface area contributed by atoms with Crippen LogP contribution in [0.1, 0.15) is 0 Å². The molecule has 0 radical (unpaired) electrons. The van der Waals surface area contributed by atoms with E-state index in [0.29, 0.717) is 11.5 Å². The van der Waals surface area contributed by atoms with Gasteiger partial charge in [-0.1, -0.05) is 60.7 Å². The van der Waals surface area contributed by atoms with Gasteiger partial charge in [-0.15, -0.1) is 0 Å². The van der Waals surface area contributed by atoms with E-state index >= 15 is 0 Å². The molecule has 0 bridgehead atoms. The molecule has 1 heterocycles. The van der Waals surface area contributed by atoms with E-state index in [-0.39, 0.29) is 0 Å². The molecule has 0 unspecified atom stereocenters. The molecule has 0 N–H and O–H groups in total. The van der Waals surface area contributed by atoms with E-state index in [1.165, 1.54) is 0 Å². The summed E-state index contributed by atoms with van der Waals surface area (Å²) in [6, 6.07) is 27.0. The van der Waals surface area contributed by atoms with Gasteiger partial charge in [-0.2, -0.15) is 0 Å². The zero-order valence-electron chi connectivity index (χ0n) is 12.4. The summed E-state index contributed by atoms with van der Waals surface area (Å²) in [5.41, 5.74) is 3.15. The molecule has 0 aliphatic rings. The van der Waals surface area contributed by atoms with Gasteiger partial charge in [-0.25, -0.2) is 4.73 Å². The summed E-state index contributed by atoms with van der Waals surface area (Å²) in [4.78, 5) is 4.58. The van der Waals surface area contributed by atoms with Crippen molar-refractivity contribution in [1.82, 2.24) is 4.98 Å². The number of hydrogen-bond donors (Lipinski definition) is 0. The molecule has 23 heavy (non-hydrogen) atoms. The van der Waals surface area contributed by atoms with Gasteiger partial charge in [0.15, 0.2) is 5.52 Å². The van der Waals surface area contributed by atoms with Crippen LogP contribution in [0, 0.1) is 5.21 Å². The lowest BCUT2D eigenvalue weighted by atomic mass is 10.1. The van der Waals surface area contributed by atoms with Crippen LogP contribution in [0.2, 0.25) is 0 Å². The van der Waals surface area contributed by atoms with Crippen molar-refractivity contribution in [2.24, 2.45) is 0 Å². The summed E-state index contributed by atoms with van der Waals surface area (Å²) in [5, 5.41) is 13.9. The van der Waals surface area contributed by atoms with E-state index in [9.17, 15) is 5.21 Å². The van der Waals surface area contributed by atoms with Crippen LogP contribution in [0.4, 0.5) is 0 Å². The third-order valence-electron chi connectivity index (χ3n) is 3.86. The van der Waals surface area contributed by atoms with Crippen molar-refractivity contribution in [3.8, 4) is 22.6 Å². The zero-order valence-corrected chi connectivity index (χ0v) is 12.4. The van der Waals surface area contributed by atoms with Gasteiger partial charge in [0.05, 0.1) is 10.9 Å². The third-order valence-corrected chi connectivity index (χ3v) is 3.86. The Morgan fingerprint density at radius 3 is 1.91 bits per heavy atom. The van der Waals surface area contributed by atoms with Crippen LogP contribution >= 0.6 is 0 Å². The fourth-order valence-electron chi connectivity index (χ4n) is 2.78. The van der Waals surface area contributed by atoms with Crippen molar-refractivity contribution in [3.05, 3.63) is 90.1 Å². The lowest BCUT2D eigenvalue weighted by molar-refractivity contribution is -0.583. The Balaban J connectivity index is 2.10. The average molecular weight is 298 g/mol. The fourth-order valence-corrected chi connectivity index (χ4v) is 2.78. The summed E-state index contributed by atoms with van der Waals surface area (Å²) < 4.78 is 0.937. The second-order valence-corrected chi connectivity index (χ2v) is 5.33. The van der Waals surface area contributed by atoms with Crippen LogP contribution in [-0.2, 0) is 0 Å². The SMILES string of the molecule is [O-][n+]1c(-c2ccccc2)nc2ccccc2c1-c1ccccc1. The standard InChI is InChI=1S/C20H14N2O/c23-22-19(15-9-3-1-4-10-15)17-13-7-8-14-18(17)21-20(22)16-11-5-2-6-12-16/h1-14H. The number of aromatic nitrogens is 2. The average Bonchev–Trinajstić information content (AvgIpc) is 2.63. The zero-order chi connectivity index (χ0) is 15.6. The second kappa shape index (κ2) is 5.54. The molecule has 0 fully saturated rings. The van der Waals surface area contributed by atoms with Gasteiger partial charge in [0, 0.05) is 5.56 Å². The van der Waals surface area contributed by atoms with Gasteiger partial charge in [0.25, 0.3) is 0 Å². The van der Waals surface area contributed by atoms with Crippen LogP contribution in [-0.4, -0.2) is 4.98 Å². The summed E-state index contributed by atoms with van der Waals surface area (Å²) in [5.74, 6) is 0.420. The van der Waals surface area contributed by atoms with Gasteiger partial charge in [-0.05, 0) is 29.2 Å². The molecule has 0 aliphatic carbocycles. The molecule has 0 spiro atoms. The Kier molecular flexibility index (Phi) is 3.24. The minimum atomic E-state index is 0.420. The molecule has 0 amide bonds. The van der Waals surface area contributed by atoms with Gasteiger partial charge in [0.2, 0.25) is 0 Å². The molecule has 0 saturated heterocycles. The van der Waals surface area contributed by atoms with Crippen molar-refractivity contribution < 1.29 is 4.73 Å². The molecule has 1 aromatic heterocycles. The van der Waals surface area contributed by atoms with E-state index in [1.807, 2.05) is 84.9 Å². The first-order chi connectivity index (χ1) is 11.3. The van der Waals surface area contributed by atoms with Crippen molar-refractivity contribution in [2.45, 2.75) is 0 Å². The monoisotopic (exact) mass is 298 g/mol. The van der Waals surface area contributed by atoms with Gasteiger partial charge >= 0.3 is 5.82 Å². The quantitative estimate of drug-likeness (QED) is 0.411. The van der Waals surface area contributed by atoms with Crippen molar-refractivity contribution in [2.75, 3.05) is 0 Å². The van der Waals surface area contributed by atoms with Crippen LogP contribution in [0.25, 0.3) is 33.5 Å². The first-order valence-electron chi connectivity index (χ1n) is 7.48. The van der Waals surface area contributed by atoms with E-state index in [1.54, 1.807) is 0 Å². The van der Waals surface area contributed by atoms with Crippen LogP contribution in [0.3, 0.4) is 0 Å². The lowest BCUT2D eigenvalue weighted by Gasteiger charge is -2.14. The normalized spacial score (nSPS) is 10.8. The summed E-state index contributed by atoms with van der Waals surface area (Å²) >= 11 is 0. The number of hydrogen-bond acceptors (Lipinski definition) is 2. The first-order valence-corrected chi connectivity index (χ1v) is 7.48. The number of nitrogens with zero attached hydrogens (tertiary/aromatic N) is 2. The Bertz CT molecular complexity index is 967. The highest BCUT2D eigenvalue weighted by molar-refractivity contribution is 5.91. The maximum absolute atomic E-state index is 13.0. The predicted octanol–water partition coefficient (Wildman–Crippen LogP) is 4.20. The molecular weight excluding hydrogens is 284 g/mol. The maximum Gasteiger partial charge on any atom is 0.334 e. The molecule has 0 saturated carbocycles. The number of rotatable bonds is 2. The largest absolute Gasteiger partial charge is 0.710 e. The lowest BCUT2D eigenvalue weighted by Crippen LogP contribution is -2.33. The predicted molar refractivity (Wildman–Crippen MR) is 91.6 cm³/mol. The van der Waals surface area contributed by atoms with Gasteiger partial charge in [0.1, 0.15) is 5.69 Å². The highest BCUT2D eigenvalue weighted by Gasteiger charge is 2.20. The fraction of sp³-hybridized carbons (Fsp3) is 0. The Hall–Kier alpha value is -3.20. The first kappa shape index (κ1) is 13.5. The van der Waals surface area contributed by atoms with Crippen molar-refractivity contribution in [1.29, 1.82) is 0 Å². The molecule has 4 rings (SSSR count). The summed E-state index contributed by atoms with van der Waals surface area (Å²) in [6.45, 7) is 0. The number of fused-ring (bicyclic) bond motifs is 1. The minimum absolute atomic E-state index is 0.420. The van der Waals surface area contributed by atoms with E-state index in [4.69, 9.17) is 0 Å². The van der Waals surface area contributed by atoms with Crippen LogP contribution in [0.15, 0.2) is 84.9 Å². The van der Waals surface area contributed by atoms with Gasteiger partial charge in [-0.3, -0.25) is 0 Å². The van der Waals surface area contributed by atoms with Crippen molar-refractivity contribution >= 4 is 10.9 Å². The Morgan fingerprint density at radius 2 is 1.22 bits per heavy atom. The van der Waals surface area contributed by atoms with Gasteiger partial charge < -0.3 is 5.21 Å². The highest BCUT2D eigenvalue weighted by Crippen LogP contribution is 2.27. The Labute approximate surface area is 134 Å². The van der Waals surface area contributed by atoms with E-state index in [2.05, 4.69) is 4.98 Å². The molecule has 3 aromatic carbocycles. The summed E-state index contributed by atoms with van der Waals surface area (Å²) in [7, 11) is 0. The second-order valence-electron chi connectivity index (χ2n) is 5.33. The number of benzene rings is 3. The van der Waals surface area contributed by atoms with Crippen molar-refractivity contribution in [3.63, 3.8) is 0 Å². The smallest absolute Gasteiger partial charge is 0.334 e. The van der Waals surface area contributed by atoms with Crippen LogP contribution < -0.4 is 4.73 Å². The molecule has 0 atom stereocenters. The molecule has 3 nitrogen and oxygen atoms in total. The maximum atomic E-state index is 13.0. The molecular formula is C20H14N2O. The third kappa shape index (κ3) is 2.32. The minimum Gasteiger partial charge on any atom is -0.710 e. The van der Waals surface area contributed by atoms with E-state index in [0.717, 1.165) is 26.8 Å². The Morgan fingerprint density at radius 1 is 0.652 bits per heavy atom. The summed E-state index contributed by atoms with van der Waals surface area (Å²) in [6.07, 6.45) is 0.